The molecule has 1 aliphatic heterocycles. The molecule has 0 bridgehead atoms. The smallest absolute Gasteiger partial charge is 0.407 e. The van der Waals surface area contributed by atoms with Gasteiger partial charge in [-0.1, -0.05) is 12.1 Å². The van der Waals surface area contributed by atoms with Crippen LogP contribution in [0.15, 0.2) is 29.3 Å². The second-order valence-corrected chi connectivity index (χ2v) is 7.85. The zero-order valence-electron chi connectivity index (χ0n) is 17.9. The number of aliphatic imine (C=N–C) groups is 1. The molecule has 0 aliphatic carbocycles. The summed E-state index contributed by atoms with van der Waals surface area (Å²) < 4.78 is 35.1. The number of halogens is 2. The van der Waals surface area contributed by atoms with Crippen LogP contribution < -0.4 is 25.6 Å². The summed E-state index contributed by atoms with van der Waals surface area (Å²) in [5.41, 5.74) is 0.106. The number of nitrogens with zero attached hydrogens (tertiary/aromatic N) is 2. The summed E-state index contributed by atoms with van der Waals surface area (Å²) in [7, 11) is 1.66. The molecule has 1 aliphatic rings. The van der Waals surface area contributed by atoms with Crippen molar-refractivity contribution in [1.29, 1.82) is 0 Å². The monoisotopic (exact) mass is 427 g/mol. The Morgan fingerprint density at radius 3 is 2.63 bits per heavy atom. The molecule has 1 amide bonds. The predicted molar refractivity (Wildman–Crippen MR) is 112 cm³/mol. The van der Waals surface area contributed by atoms with Crippen LogP contribution in [-0.2, 0) is 4.74 Å². The molecule has 1 saturated heterocycles. The molecule has 0 aromatic heterocycles. The Morgan fingerprint density at radius 1 is 1.27 bits per heavy atom. The Labute approximate surface area is 176 Å². The van der Waals surface area contributed by atoms with E-state index in [-0.39, 0.29) is 11.8 Å². The Balaban J connectivity index is 1.78. The Bertz CT molecular complexity index is 725. The second-order valence-electron chi connectivity index (χ2n) is 7.85. The number of anilines is 1. The highest BCUT2D eigenvalue weighted by atomic mass is 19.3. The van der Waals surface area contributed by atoms with Gasteiger partial charge in [0.1, 0.15) is 11.4 Å². The van der Waals surface area contributed by atoms with Crippen LogP contribution in [0.1, 0.15) is 27.2 Å². The van der Waals surface area contributed by atoms with E-state index >= 15 is 0 Å². The zero-order chi connectivity index (χ0) is 22.1. The maximum absolute atomic E-state index is 12.6. The molecule has 1 aromatic rings. The van der Waals surface area contributed by atoms with Gasteiger partial charge in [0.25, 0.3) is 0 Å². The van der Waals surface area contributed by atoms with Gasteiger partial charge in [0, 0.05) is 39.3 Å². The molecular formula is C20H31F2N5O3. The van der Waals surface area contributed by atoms with Gasteiger partial charge in [-0.2, -0.15) is 8.78 Å². The first kappa shape index (κ1) is 23.5. The number of alkyl halides is 2. The molecule has 1 heterocycles. The molecular weight excluding hydrogens is 396 g/mol. The molecule has 30 heavy (non-hydrogen) atoms. The normalized spacial score (nSPS) is 17.1. The fourth-order valence-corrected chi connectivity index (χ4v) is 3.06. The van der Waals surface area contributed by atoms with Gasteiger partial charge in [0.15, 0.2) is 5.96 Å². The van der Waals surface area contributed by atoms with E-state index in [1.165, 1.54) is 0 Å². The molecule has 10 heteroatoms. The van der Waals surface area contributed by atoms with Crippen LogP contribution in [0, 0.1) is 0 Å². The van der Waals surface area contributed by atoms with Crippen molar-refractivity contribution in [1.82, 2.24) is 16.0 Å². The van der Waals surface area contributed by atoms with Gasteiger partial charge in [0.2, 0.25) is 0 Å². The van der Waals surface area contributed by atoms with Crippen LogP contribution in [-0.4, -0.2) is 63.5 Å². The number of rotatable bonds is 7. The topological polar surface area (TPSA) is 87.2 Å². The third-order valence-corrected chi connectivity index (χ3v) is 4.26. The highest BCUT2D eigenvalue weighted by Gasteiger charge is 2.26. The molecule has 0 radical (unpaired) electrons. The molecule has 1 unspecified atom stereocenters. The van der Waals surface area contributed by atoms with E-state index in [1.54, 1.807) is 52.1 Å². The summed E-state index contributed by atoms with van der Waals surface area (Å²) >= 11 is 0. The molecule has 168 valence electrons. The third kappa shape index (κ3) is 7.92. The minimum absolute atomic E-state index is 0.0922. The molecule has 8 nitrogen and oxygen atoms in total. The summed E-state index contributed by atoms with van der Waals surface area (Å²) in [6.07, 6.45) is 0.350. The number of amides is 1. The lowest BCUT2D eigenvalue weighted by molar-refractivity contribution is -0.0495. The van der Waals surface area contributed by atoms with Crippen molar-refractivity contribution < 1.29 is 23.0 Å². The van der Waals surface area contributed by atoms with Gasteiger partial charge < -0.3 is 30.3 Å². The van der Waals surface area contributed by atoms with Crippen LogP contribution >= 0.6 is 0 Å². The first-order valence-corrected chi connectivity index (χ1v) is 9.91. The van der Waals surface area contributed by atoms with E-state index in [4.69, 9.17) is 4.74 Å². The van der Waals surface area contributed by atoms with Gasteiger partial charge >= 0.3 is 12.7 Å². The van der Waals surface area contributed by atoms with Crippen LogP contribution in [0.2, 0.25) is 0 Å². The first-order valence-electron chi connectivity index (χ1n) is 9.91. The van der Waals surface area contributed by atoms with Crippen LogP contribution in [0.5, 0.6) is 5.75 Å². The first-order chi connectivity index (χ1) is 14.2. The maximum atomic E-state index is 12.6. The van der Waals surface area contributed by atoms with E-state index in [0.29, 0.717) is 37.8 Å². The molecule has 1 atom stereocenters. The largest absolute Gasteiger partial charge is 0.444 e. The highest BCUT2D eigenvalue weighted by Crippen LogP contribution is 2.31. The Morgan fingerprint density at radius 2 is 1.97 bits per heavy atom. The molecule has 3 N–H and O–H groups in total. The number of hydrogen-bond donors (Lipinski definition) is 3. The number of guanidine groups is 1. The van der Waals surface area contributed by atoms with Gasteiger partial charge in [-0.05, 0) is 39.3 Å². The number of hydrogen-bond acceptors (Lipinski definition) is 5. The van der Waals surface area contributed by atoms with Crippen molar-refractivity contribution in [3.8, 4) is 5.75 Å². The summed E-state index contributed by atoms with van der Waals surface area (Å²) in [6, 6.07) is 6.88. The van der Waals surface area contributed by atoms with Crippen molar-refractivity contribution in [3.63, 3.8) is 0 Å². The molecule has 2 rings (SSSR count). The van der Waals surface area contributed by atoms with Crippen molar-refractivity contribution >= 4 is 17.7 Å². The number of nitrogens with one attached hydrogen (secondary N) is 3. The van der Waals surface area contributed by atoms with Crippen LogP contribution in [0.25, 0.3) is 0 Å². The lowest BCUT2D eigenvalue weighted by Crippen LogP contribution is -2.46. The van der Waals surface area contributed by atoms with E-state index < -0.39 is 18.3 Å². The minimum Gasteiger partial charge on any atom is -0.444 e. The van der Waals surface area contributed by atoms with Crippen LogP contribution in [0.3, 0.4) is 0 Å². The third-order valence-electron chi connectivity index (χ3n) is 4.26. The SMILES string of the molecule is CN=C(NCCNC(=O)OC(C)(C)C)NC1CCN(c2ccccc2OC(F)F)C1. The quantitative estimate of drug-likeness (QED) is 0.352. The molecule has 1 aromatic carbocycles. The van der Waals surface area contributed by atoms with Gasteiger partial charge in [-0.3, -0.25) is 4.99 Å². The fourth-order valence-electron chi connectivity index (χ4n) is 3.06. The number of ether oxygens (including phenoxy) is 2. The standard InChI is InChI=1S/C20H31F2N5O3/c1-20(2,3)30-19(28)25-11-10-24-18(23-4)26-14-9-12-27(13-14)15-7-5-6-8-16(15)29-17(21)22/h5-8,14,17H,9-13H2,1-4H3,(H,25,28)(H2,23,24,26). The lowest BCUT2D eigenvalue weighted by atomic mass is 10.2. The fraction of sp³-hybridized carbons (Fsp3) is 0.600. The van der Waals surface area contributed by atoms with Crippen molar-refractivity contribution in [2.75, 3.05) is 38.1 Å². The number of alkyl carbamates (subject to hydrolysis) is 1. The summed E-state index contributed by atoms with van der Waals surface area (Å²) in [6.45, 7) is 4.74. The van der Waals surface area contributed by atoms with Crippen molar-refractivity contribution in [3.05, 3.63) is 24.3 Å². The zero-order valence-corrected chi connectivity index (χ0v) is 17.9. The van der Waals surface area contributed by atoms with E-state index in [2.05, 4.69) is 25.7 Å². The lowest BCUT2D eigenvalue weighted by Gasteiger charge is -2.22. The number of benzene rings is 1. The Kier molecular flexibility index (Phi) is 8.49. The maximum Gasteiger partial charge on any atom is 0.407 e. The minimum atomic E-state index is -2.86. The number of carbonyl (C=O) groups excluding carboxylic acids is 1. The van der Waals surface area contributed by atoms with Crippen LogP contribution in [0.4, 0.5) is 19.3 Å². The van der Waals surface area contributed by atoms with Crippen molar-refractivity contribution in [2.45, 2.75) is 45.4 Å². The summed E-state index contributed by atoms with van der Waals surface area (Å²) in [5, 5.41) is 9.12. The van der Waals surface area contributed by atoms with Gasteiger partial charge in [-0.25, -0.2) is 4.79 Å². The number of carbonyl (C=O) groups is 1. The Hall–Kier alpha value is -2.78. The summed E-state index contributed by atoms with van der Waals surface area (Å²) in [5.74, 6) is 0.772. The van der Waals surface area contributed by atoms with E-state index in [0.717, 1.165) is 6.42 Å². The molecule has 1 fully saturated rings. The van der Waals surface area contributed by atoms with Gasteiger partial charge in [0.05, 0.1) is 5.69 Å². The second kappa shape index (κ2) is 10.8. The molecule has 0 spiro atoms. The van der Waals surface area contributed by atoms with E-state index in [9.17, 15) is 13.6 Å². The van der Waals surface area contributed by atoms with E-state index in [1.807, 2.05) is 4.90 Å². The summed E-state index contributed by atoms with van der Waals surface area (Å²) in [4.78, 5) is 17.8. The average molecular weight is 427 g/mol. The molecule has 0 saturated carbocycles. The average Bonchev–Trinajstić information content (AvgIpc) is 3.11. The van der Waals surface area contributed by atoms with Crippen molar-refractivity contribution in [2.24, 2.45) is 4.99 Å². The highest BCUT2D eigenvalue weighted by molar-refractivity contribution is 5.80. The number of para-hydroxylation sites is 2. The van der Waals surface area contributed by atoms with Gasteiger partial charge in [-0.15, -0.1) is 0 Å². The predicted octanol–water partition coefficient (Wildman–Crippen LogP) is 2.56.